The van der Waals surface area contributed by atoms with Crippen molar-refractivity contribution in [1.29, 1.82) is 0 Å². The Kier molecular flexibility index (Phi) is 2.99. The van der Waals surface area contributed by atoms with Crippen molar-refractivity contribution in [3.05, 3.63) is 33.9 Å². The third kappa shape index (κ3) is 2.15. The lowest BCUT2D eigenvalue weighted by molar-refractivity contribution is -0.385. The van der Waals surface area contributed by atoms with E-state index in [1.54, 1.807) is 0 Å². The van der Waals surface area contributed by atoms with Gasteiger partial charge < -0.3 is 10.0 Å². The zero-order valence-electron chi connectivity index (χ0n) is 9.53. The average molecular weight is 264 g/mol. The monoisotopic (exact) mass is 264 g/mol. The molecule has 2 rings (SSSR count). The second-order valence-electron chi connectivity index (χ2n) is 3.93. The molecule has 1 aromatic carbocycles. The second-order valence-corrected chi connectivity index (χ2v) is 3.93. The van der Waals surface area contributed by atoms with Crippen LogP contribution in [0, 0.1) is 10.1 Å². The fraction of sp³-hybridized carbons (Fsp3) is 0.182. The van der Waals surface area contributed by atoms with Gasteiger partial charge in [-0.2, -0.15) is 0 Å². The molecule has 1 N–H and O–H groups in total. The highest BCUT2D eigenvalue weighted by atomic mass is 16.6. The van der Waals surface area contributed by atoms with E-state index in [-0.39, 0.29) is 24.4 Å². The summed E-state index contributed by atoms with van der Waals surface area (Å²) in [5.74, 6) is -2.43. The Morgan fingerprint density at radius 1 is 1.37 bits per heavy atom. The highest BCUT2D eigenvalue weighted by molar-refractivity contribution is 6.17. The van der Waals surface area contributed by atoms with E-state index in [9.17, 15) is 24.5 Å². The molecule has 0 bridgehead atoms. The lowest BCUT2D eigenvalue weighted by atomic mass is 10.1. The van der Waals surface area contributed by atoms with E-state index in [2.05, 4.69) is 0 Å². The summed E-state index contributed by atoms with van der Waals surface area (Å²) in [7, 11) is 0. The first-order chi connectivity index (χ1) is 8.91. The number of nitro groups is 1. The molecule has 98 valence electrons. The predicted octanol–water partition coefficient (Wildman–Crippen LogP) is 0.599. The van der Waals surface area contributed by atoms with Gasteiger partial charge in [0.2, 0.25) is 5.91 Å². The van der Waals surface area contributed by atoms with E-state index >= 15 is 0 Å². The summed E-state index contributed by atoms with van der Waals surface area (Å²) >= 11 is 0. The smallest absolute Gasteiger partial charge is 0.344 e. The molecule has 0 unspecified atom stereocenters. The van der Waals surface area contributed by atoms with Gasteiger partial charge in [-0.15, -0.1) is 0 Å². The molecule has 0 atom stereocenters. The van der Waals surface area contributed by atoms with Crippen molar-refractivity contribution < 1.29 is 24.4 Å². The first-order valence-corrected chi connectivity index (χ1v) is 5.24. The number of aromatic carboxylic acids is 1. The van der Waals surface area contributed by atoms with Gasteiger partial charge in [-0.25, -0.2) is 4.79 Å². The largest absolute Gasteiger partial charge is 0.477 e. The highest BCUT2D eigenvalue weighted by Gasteiger charge is 2.34. The number of nitrogens with zero attached hydrogens (tertiary/aromatic N) is 2. The molecule has 1 fully saturated rings. The lowest BCUT2D eigenvalue weighted by Crippen LogP contribution is -2.27. The summed E-state index contributed by atoms with van der Waals surface area (Å²) in [6.07, 6.45) is -0.318. The Balaban J connectivity index is 2.60. The summed E-state index contributed by atoms with van der Waals surface area (Å²) in [5, 5.41) is 19.9. The number of ketones is 1. The van der Waals surface area contributed by atoms with Gasteiger partial charge in [0.25, 0.3) is 5.69 Å². The van der Waals surface area contributed by atoms with Crippen LogP contribution in [-0.4, -0.2) is 34.2 Å². The number of nitro benzene ring substituents is 1. The number of carboxylic acid groups (broad SMARTS) is 1. The summed E-state index contributed by atoms with van der Waals surface area (Å²) < 4.78 is 0. The fourth-order valence-corrected chi connectivity index (χ4v) is 1.93. The molecule has 1 aromatic rings. The Bertz CT molecular complexity index is 609. The van der Waals surface area contributed by atoms with E-state index in [1.807, 2.05) is 0 Å². The van der Waals surface area contributed by atoms with Crippen LogP contribution < -0.4 is 4.90 Å². The van der Waals surface area contributed by atoms with Crippen LogP contribution in [0.3, 0.4) is 0 Å². The van der Waals surface area contributed by atoms with Crippen molar-refractivity contribution in [2.75, 3.05) is 11.4 Å². The van der Waals surface area contributed by atoms with E-state index in [0.29, 0.717) is 0 Å². The molecule has 0 saturated carbocycles. The normalized spacial score (nSPS) is 14.8. The van der Waals surface area contributed by atoms with Gasteiger partial charge in [-0.1, -0.05) is 6.07 Å². The maximum Gasteiger partial charge on any atom is 0.344 e. The van der Waals surface area contributed by atoms with Crippen LogP contribution >= 0.6 is 0 Å². The molecule has 0 aliphatic carbocycles. The van der Waals surface area contributed by atoms with Crippen molar-refractivity contribution in [3.8, 4) is 0 Å². The van der Waals surface area contributed by atoms with Crippen LogP contribution in [0.15, 0.2) is 18.2 Å². The zero-order valence-corrected chi connectivity index (χ0v) is 9.53. The molecule has 0 radical (unpaired) electrons. The number of carbonyl (C=O) groups is 3. The first-order valence-electron chi connectivity index (χ1n) is 5.24. The van der Waals surface area contributed by atoms with E-state index in [4.69, 9.17) is 5.11 Å². The summed E-state index contributed by atoms with van der Waals surface area (Å²) in [6, 6.07) is 3.58. The molecule has 1 heterocycles. The number of hydrogen-bond donors (Lipinski definition) is 1. The fourth-order valence-electron chi connectivity index (χ4n) is 1.93. The number of benzene rings is 1. The van der Waals surface area contributed by atoms with Crippen LogP contribution in [0.1, 0.15) is 16.8 Å². The standard InChI is InChI=1S/C11H8N2O6/c14-6-4-9(15)12(5-6)7-2-1-3-8(13(18)19)10(7)11(16)17/h1-3H,4-5H2,(H,16,17). The molecule has 0 aromatic heterocycles. The number of Topliss-reactive ketones (excluding diaryl/α,β-unsaturated/α-hetero) is 1. The van der Waals surface area contributed by atoms with Crippen molar-refractivity contribution in [1.82, 2.24) is 0 Å². The van der Waals surface area contributed by atoms with Gasteiger partial charge in [0, 0.05) is 6.07 Å². The van der Waals surface area contributed by atoms with Gasteiger partial charge in [0.15, 0.2) is 11.3 Å². The van der Waals surface area contributed by atoms with E-state index in [0.717, 1.165) is 11.0 Å². The number of rotatable bonds is 3. The molecule has 0 spiro atoms. The minimum absolute atomic E-state index is 0.127. The lowest BCUT2D eigenvalue weighted by Gasteiger charge is -2.16. The van der Waals surface area contributed by atoms with Gasteiger partial charge in [-0.05, 0) is 6.07 Å². The topological polar surface area (TPSA) is 118 Å². The SMILES string of the molecule is O=C1CC(=O)N(c2cccc([N+](=O)[O-])c2C(=O)O)C1. The number of amides is 1. The molecule has 1 amide bonds. The minimum atomic E-state index is -1.52. The van der Waals surface area contributed by atoms with Gasteiger partial charge in [0.1, 0.15) is 0 Å². The third-order valence-electron chi connectivity index (χ3n) is 2.71. The average Bonchev–Trinajstić information content (AvgIpc) is 2.67. The molecular formula is C11H8N2O6. The molecule has 8 nitrogen and oxygen atoms in total. The predicted molar refractivity (Wildman–Crippen MR) is 62.0 cm³/mol. The van der Waals surface area contributed by atoms with Crippen LogP contribution in [-0.2, 0) is 9.59 Å². The summed E-state index contributed by atoms with van der Waals surface area (Å²) in [5.41, 5.74) is -1.33. The molecular weight excluding hydrogens is 256 g/mol. The van der Waals surface area contributed by atoms with Crippen molar-refractivity contribution in [2.24, 2.45) is 0 Å². The highest BCUT2D eigenvalue weighted by Crippen LogP contribution is 2.31. The Labute approximate surface area is 106 Å². The van der Waals surface area contributed by atoms with Crippen LogP contribution in [0.25, 0.3) is 0 Å². The Hall–Kier alpha value is -2.77. The number of carbonyl (C=O) groups excluding carboxylic acids is 2. The van der Waals surface area contributed by atoms with Crippen LogP contribution in [0.5, 0.6) is 0 Å². The molecule has 8 heteroatoms. The molecule has 1 saturated heterocycles. The number of hydrogen-bond acceptors (Lipinski definition) is 5. The van der Waals surface area contributed by atoms with Crippen LogP contribution in [0.2, 0.25) is 0 Å². The van der Waals surface area contributed by atoms with Crippen molar-refractivity contribution >= 4 is 29.0 Å². The Morgan fingerprint density at radius 3 is 2.53 bits per heavy atom. The maximum absolute atomic E-state index is 11.6. The zero-order chi connectivity index (χ0) is 14.2. The van der Waals surface area contributed by atoms with E-state index < -0.39 is 28.1 Å². The van der Waals surface area contributed by atoms with Crippen LogP contribution in [0.4, 0.5) is 11.4 Å². The maximum atomic E-state index is 11.6. The molecule has 1 aliphatic rings. The van der Waals surface area contributed by atoms with Gasteiger partial charge in [-0.3, -0.25) is 19.7 Å². The van der Waals surface area contributed by atoms with Gasteiger partial charge >= 0.3 is 5.97 Å². The third-order valence-corrected chi connectivity index (χ3v) is 2.71. The Morgan fingerprint density at radius 2 is 2.05 bits per heavy atom. The molecule has 1 aliphatic heterocycles. The number of anilines is 1. The summed E-state index contributed by atoms with van der Waals surface area (Å²) in [6.45, 7) is -0.264. The summed E-state index contributed by atoms with van der Waals surface area (Å²) in [4.78, 5) is 44.9. The minimum Gasteiger partial charge on any atom is -0.477 e. The van der Waals surface area contributed by atoms with E-state index in [1.165, 1.54) is 12.1 Å². The second kappa shape index (κ2) is 4.48. The van der Waals surface area contributed by atoms with Crippen molar-refractivity contribution in [3.63, 3.8) is 0 Å². The quantitative estimate of drug-likeness (QED) is 0.485. The first kappa shape index (κ1) is 12.7. The number of carboxylic acids is 1. The van der Waals surface area contributed by atoms with Crippen molar-refractivity contribution in [2.45, 2.75) is 6.42 Å². The molecule has 19 heavy (non-hydrogen) atoms. The van der Waals surface area contributed by atoms with Gasteiger partial charge in [0.05, 0.1) is 23.6 Å².